The highest BCUT2D eigenvalue weighted by Gasteiger charge is 2.05. The van der Waals surface area contributed by atoms with Crippen LogP contribution in [0.25, 0.3) is 16.6 Å². The number of rotatable bonds is 0. The first kappa shape index (κ1) is 8.69. The Morgan fingerprint density at radius 3 is 3.07 bits per heavy atom. The van der Waals surface area contributed by atoms with Gasteiger partial charge in [-0.25, -0.2) is 9.61 Å². The fourth-order valence-electron chi connectivity index (χ4n) is 1.50. The predicted molar refractivity (Wildman–Crippen MR) is 60.9 cm³/mol. The molecule has 0 saturated carbocycles. The van der Waals surface area contributed by atoms with Crippen molar-refractivity contribution in [2.24, 2.45) is 0 Å². The fourth-order valence-corrected chi connectivity index (χ4v) is 1.93. The standard InChI is InChI=1S/C8H5N5S2/c14-7-5-4(2-1-3-9-5)6-10-11-8(15)13(6)12-7/h1-3H,(H,11,15)(H,12,14). The van der Waals surface area contributed by atoms with Crippen LogP contribution in [0, 0.1) is 9.41 Å². The lowest BCUT2D eigenvalue weighted by molar-refractivity contribution is 0.907. The van der Waals surface area contributed by atoms with E-state index in [-0.39, 0.29) is 0 Å². The number of H-pyrrole nitrogens is 2. The summed E-state index contributed by atoms with van der Waals surface area (Å²) < 4.78 is 2.68. The topological polar surface area (TPSA) is 61.8 Å². The van der Waals surface area contributed by atoms with Crippen molar-refractivity contribution in [3.63, 3.8) is 0 Å². The molecular formula is C8H5N5S2. The van der Waals surface area contributed by atoms with E-state index in [1.807, 2.05) is 12.1 Å². The van der Waals surface area contributed by atoms with Gasteiger partial charge in [-0.15, -0.1) is 0 Å². The molecule has 74 valence electrons. The van der Waals surface area contributed by atoms with Crippen LogP contribution < -0.4 is 0 Å². The van der Waals surface area contributed by atoms with E-state index < -0.39 is 0 Å². The van der Waals surface area contributed by atoms with Crippen LogP contribution in [0.2, 0.25) is 0 Å². The maximum Gasteiger partial charge on any atom is 0.214 e. The third-order valence-electron chi connectivity index (χ3n) is 2.15. The van der Waals surface area contributed by atoms with Gasteiger partial charge in [0, 0.05) is 11.6 Å². The summed E-state index contributed by atoms with van der Waals surface area (Å²) in [6.45, 7) is 0. The van der Waals surface area contributed by atoms with E-state index in [4.69, 9.17) is 24.4 Å². The molecule has 7 heteroatoms. The Morgan fingerprint density at radius 2 is 2.20 bits per heavy atom. The number of hydrogen-bond acceptors (Lipinski definition) is 4. The zero-order valence-corrected chi connectivity index (χ0v) is 9.02. The number of fused-ring (bicyclic) bond motifs is 3. The highest BCUT2D eigenvalue weighted by atomic mass is 32.1. The fraction of sp³-hybridized carbons (Fsp3) is 0. The molecule has 3 rings (SSSR count). The molecule has 0 radical (unpaired) electrons. The van der Waals surface area contributed by atoms with Gasteiger partial charge in [0.25, 0.3) is 0 Å². The minimum Gasteiger partial charge on any atom is -0.278 e. The first-order valence-corrected chi connectivity index (χ1v) is 5.03. The highest BCUT2D eigenvalue weighted by Crippen LogP contribution is 2.15. The molecule has 0 saturated heterocycles. The third-order valence-corrected chi connectivity index (χ3v) is 2.71. The summed E-state index contributed by atoms with van der Waals surface area (Å²) in [7, 11) is 0. The van der Waals surface area contributed by atoms with Gasteiger partial charge in [0.15, 0.2) is 5.65 Å². The molecule has 0 aliphatic carbocycles. The Labute approximate surface area is 93.8 Å². The number of pyridine rings is 1. The van der Waals surface area contributed by atoms with Crippen molar-refractivity contribution in [3.05, 3.63) is 27.7 Å². The van der Waals surface area contributed by atoms with Crippen LogP contribution >= 0.6 is 24.4 Å². The van der Waals surface area contributed by atoms with Crippen molar-refractivity contribution in [2.45, 2.75) is 0 Å². The van der Waals surface area contributed by atoms with Crippen LogP contribution in [0.5, 0.6) is 0 Å². The summed E-state index contributed by atoms with van der Waals surface area (Å²) in [5.74, 6) is 0. The van der Waals surface area contributed by atoms with Crippen LogP contribution in [0.3, 0.4) is 0 Å². The van der Waals surface area contributed by atoms with Crippen LogP contribution in [-0.4, -0.2) is 24.8 Å². The summed E-state index contributed by atoms with van der Waals surface area (Å²) in [5, 5.41) is 10.7. The minimum absolute atomic E-state index is 0.488. The van der Waals surface area contributed by atoms with Crippen LogP contribution in [0.4, 0.5) is 0 Å². The average Bonchev–Trinajstić information content (AvgIpc) is 2.62. The lowest BCUT2D eigenvalue weighted by Gasteiger charge is -1.98. The van der Waals surface area contributed by atoms with Gasteiger partial charge in [-0.1, -0.05) is 12.2 Å². The number of aromatic amines is 2. The lowest BCUT2D eigenvalue weighted by Crippen LogP contribution is -1.95. The minimum atomic E-state index is 0.488. The smallest absolute Gasteiger partial charge is 0.214 e. The van der Waals surface area contributed by atoms with Crippen LogP contribution in [-0.2, 0) is 0 Å². The molecule has 3 heterocycles. The zero-order chi connectivity index (χ0) is 10.4. The molecule has 0 amide bonds. The monoisotopic (exact) mass is 235 g/mol. The van der Waals surface area contributed by atoms with Crippen molar-refractivity contribution in [1.29, 1.82) is 0 Å². The largest absolute Gasteiger partial charge is 0.278 e. The maximum atomic E-state index is 5.18. The number of hydrogen-bond donors (Lipinski definition) is 2. The SMILES string of the molecule is S=c1[nH]n2c(=S)[nH]nc2c2cccnc12. The molecule has 3 aromatic heterocycles. The Bertz CT molecular complexity index is 766. The summed E-state index contributed by atoms with van der Waals surface area (Å²) in [5.41, 5.74) is 1.44. The van der Waals surface area contributed by atoms with Gasteiger partial charge in [0.1, 0.15) is 10.2 Å². The van der Waals surface area contributed by atoms with E-state index >= 15 is 0 Å². The van der Waals surface area contributed by atoms with Gasteiger partial charge in [0.2, 0.25) is 4.77 Å². The molecule has 0 aliphatic rings. The van der Waals surface area contributed by atoms with Gasteiger partial charge >= 0.3 is 0 Å². The molecule has 15 heavy (non-hydrogen) atoms. The molecule has 0 unspecified atom stereocenters. The Hall–Kier alpha value is -1.60. The number of nitrogens with one attached hydrogen (secondary N) is 2. The third kappa shape index (κ3) is 1.13. The summed E-state index contributed by atoms with van der Waals surface area (Å²) in [4.78, 5) is 4.20. The van der Waals surface area contributed by atoms with E-state index in [9.17, 15) is 0 Å². The zero-order valence-electron chi connectivity index (χ0n) is 7.39. The van der Waals surface area contributed by atoms with Crippen molar-refractivity contribution in [3.8, 4) is 0 Å². The molecule has 3 aromatic rings. The molecule has 0 aliphatic heterocycles. The van der Waals surface area contributed by atoms with Gasteiger partial charge in [-0.2, -0.15) is 5.10 Å². The second-order valence-electron chi connectivity index (χ2n) is 3.03. The molecule has 0 atom stereocenters. The normalized spacial score (nSPS) is 11.2. The lowest BCUT2D eigenvalue weighted by atomic mass is 10.3. The van der Waals surface area contributed by atoms with Gasteiger partial charge in [-0.3, -0.25) is 10.1 Å². The molecule has 0 bridgehead atoms. The first-order valence-electron chi connectivity index (χ1n) is 4.21. The molecule has 0 fully saturated rings. The van der Waals surface area contributed by atoms with E-state index in [2.05, 4.69) is 20.3 Å². The molecule has 5 nitrogen and oxygen atoms in total. The number of nitrogens with zero attached hydrogens (tertiary/aromatic N) is 3. The second-order valence-corrected chi connectivity index (χ2v) is 3.82. The van der Waals surface area contributed by atoms with Crippen LogP contribution in [0.15, 0.2) is 18.3 Å². The Morgan fingerprint density at radius 1 is 1.33 bits per heavy atom. The van der Waals surface area contributed by atoms with Gasteiger partial charge < -0.3 is 0 Å². The van der Waals surface area contributed by atoms with E-state index in [1.54, 1.807) is 10.7 Å². The molecular weight excluding hydrogens is 230 g/mol. The first-order chi connectivity index (χ1) is 7.27. The molecule has 0 aromatic carbocycles. The van der Waals surface area contributed by atoms with Crippen molar-refractivity contribution in [1.82, 2.24) is 24.8 Å². The van der Waals surface area contributed by atoms with Gasteiger partial charge in [0.05, 0.1) is 0 Å². The number of aromatic nitrogens is 5. The Kier molecular flexibility index (Phi) is 1.70. The van der Waals surface area contributed by atoms with E-state index in [0.29, 0.717) is 15.1 Å². The second kappa shape index (κ2) is 2.94. The maximum absolute atomic E-state index is 5.18. The summed E-state index contributed by atoms with van der Waals surface area (Å²) >= 11 is 10.2. The predicted octanol–water partition coefficient (Wildman–Crippen LogP) is 2.00. The highest BCUT2D eigenvalue weighted by molar-refractivity contribution is 7.71. The van der Waals surface area contributed by atoms with E-state index in [0.717, 1.165) is 10.9 Å². The van der Waals surface area contributed by atoms with E-state index in [1.165, 1.54) is 0 Å². The summed E-state index contributed by atoms with van der Waals surface area (Å²) in [6, 6.07) is 3.76. The van der Waals surface area contributed by atoms with Crippen molar-refractivity contribution < 1.29 is 0 Å². The van der Waals surface area contributed by atoms with Gasteiger partial charge in [-0.05, 0) is 24.4 Å². The van der Waals surface area contributed by atoms with Crippen molar-refractivity contribution >= 4 is 41.0 Å². The molecule has 2 N–H and O–H groups in total. The summed E-state index contributed by atoms with van der Waals surface area (Å²) in [6.07, 6.45) is 1.70. The quantitative estimate of drug-likeness (QED) is 0.585. The van der Waals surface area contributed by atoms with Crippen molar-refractivity contribution in [2.75, 3.05) is 0 Å². The molecule has 0 spiro atoms. The average molecular weight is 235 g/mol. The van der Waals surface area contributed by atoms with Crippen LogP contribution in [0.1, 0.15) is 0 Å². The Balaban J connectivity index is 2.78.